The van der Waals surface area contributed by atoms with E-state index in [1.54, 1.807) is 6.33 Å². The van der Waals surface area contributed by atoms with Crippen LogP contribution >= 0.6 is 0 Å². The molecule has 5 nitrogen and oxygen atoms in total. The Kier molecular flexibility index (Phi) is 4.75. The normalized spacial score (nSPS) is 19.0. The van der Waals surface area contributed by atoms with Gasteiger partial charge in [0.15, 0.2) is 0 Å². The van der Waals surface area contributed by atoms with Gasteiger partial charge in [-0.15, -0.1) is 0 Å². The van der Waals surface area contributed by atoms with Gasteiger partial charge in [0.2, 0.25) is 11.9 Å². The molecular weight excluding hydrogens is 336 g/mol. The molecule has 1 amide bonds. The van der Waals surface area contributed by atoms with Gasteiger partial charge < -0.3 is 0 Å². The molecule has 1 aliphatic heterocycles. The summed E-state index contributed by atoms with van der Waals surface area (Å²) in [7, 11) is 0. The van der Waals surface area contributed by atoms with E-state index in [0.717, 1.165) is 18.4 Å². The summed E-state index contributed by atoms with van der Waals surface area (Å²) < 4.78 is 1.90. The molecule has 0 bridgehead atoms. The van der Waals surface area contributed by atoms with Gasteiger partial charge in [-0.3, -0.25) is 9.69 Å². The third-order valence-electron chi connectivity index (χ3n) is 5.20. The minimum Gasteiger partial charge on any atom is -0.274 e. The Bertz CT molecular complexity index is 917. The van der Waals surface area contributed by atoms with Crippen molar-refractivity contribution in [3.8, 4) is 0 Å². The molecule has 2 heterocycles. The van der Waals surface area contributed by atoms with Crippen molar-refractivity contribution in [2.75, 3.05) is 4.90 Å². The van der Waals surface area contributed by atoms with Crippen LogP contribution in [0.1, 0.15) is 55.0 Å². The van der Waals surface area contributed by atoms with E-state index in [1.165, 1.54) is 11.1 Å². The van der Waals surface area contributed by atoms with Crippen LogP contribution in [-0.2, 0) is 4.79 Å². The average Bonchev–Trinajstić information content (AvgIpc) is 3.18. The molecule has 0 saturated carbocycles. The zero-order valence-corrected chi connectivity index (χ0v) is 15.7. The monoisotopic (exact) mass is 360 g/mol. The minimum absolute atomic E-state index is 0.0479. The lowest BCUT2D eigenvalue weighted by Crippen LogP contribution is -2.42. The predicted molar refractivity (Wildman–Crippen MR) is 106 cm³/mol. The maximum atomic E-state index is 13.0. The van der Waals surface area contributed by atoms with Gasteiger partial charge in [-0.25, -0.2) is 4.68 Å². The van der Waals surface area contributed by atoms with Crippen LogP contribution in [0.5, 0.6) is 0 Å². The van der Waals surface area contributed by atoms with E-state index in [9.17, 15) is 4.79 Å². The average molecular weight is 360 g/mol. The van der Waals surface area contributed by atoms with Crippen molar-refractivity contribution in [3.63, 3.8) is 0 Å². The number of anilines is 1. The van der Waals surface area contributed by atoms with Crippen LogP contribution in [-0.4, -0.2) is 20.7 Å². The molecule has 3 aromatic rings. The van der Waals surface area contributed by atoms with Crippen LogP contribution in [0, 0.1) is 6.92 Å². The van der Waals surface area contributed by atoms with Crippen LogP contribution in [0.2, 0.25) is 0 Å². The highest BCUT2D eigenvalue weighted by Crippen LogP contribution is 2.42. The Morgan fingerprint density at radius 1 is 1.04 bits per heavy atom. The second-order valence-corrected chi connectivity index (χ2v) is 7.11. The van der Waals surface area contributed by atoms with Crippen LogP contribution in [0.4, 0.5) is 5.95 Å². The van der Waals surface area contributed by atoms with E-state index < -0.39 is 0 Å². The number of hydrogen-bond acceptors (Lipinski definition) is 3. The minimum atomic E-state index is -0.0479. The van der Waals surface area contributed by atoms with E-state index in [0.29, 0.717) is 12.4 Å². The van der Waals surface area contributed by atoms with Gasteiger partial charge in [0.05, 0.1) is 12.1 Å². The topological polar surface area (TPSA) is 51.0 Å². The summed E-state index contributed by atoms with van der Waals surface area (Å²) in [6.45, 7) is 4.11. The SMILES string of the molecule is CCCC(=O)N1c2ncnn2[C@H](c2ccc(C)cc2)C[C@H]1c1ccccc1. The van der Waals surface area contributed by atoms with Gasteiger partial charge in [0, 0.05) is 6.42 Å². The Morgan fingerprint density at radius 3 is 2.44 bits per heavy atom. The third kappa shape index (κ3) is 3.25. The zero-order chi connectivity index (χ0) is 18.8. The fraction of sp³-hybridized carbons (Fsp3) is 0.318. The Balaban J connectivity index is 1.82. The summed E-state index contributed by atoms with van der Waals surface area (Å²) in [5.41, 5.74) is 3.55. The zero-order valence-electron chi connectivity index (χ0n) is 15.7. The highest BCUT2D eigenvalue weighted by Gasteiger charge is 2.38. The van der Waals surface area contributed by atoms with E-state index in [1.807, 2.05) is 34.7 Å². The molecule has 0 fully saturated rings. The van der Waals surface area contributed by atoms with Crippen LogP contribution in [0.15, 0.2) is 60.9 Å². The maximum absolute atomic E-state index is 13.0. The molecule has 27 heavy (non-hydrogen) atoms. The number of rotatable bonds is 4. The van der Waals surface area contributed by atoms with Gasteiger partial charge in [0.25, 0.3) is 0 Å². The molecule has 138 valence electrons. The number of nitrogens with zero attached hydrogens (tertiary/aromatic N) is 4. The Labute approximate surface area is 159 Å². The number of carbonyl (C=O) groups excluding carboxylic acids is 1. The van der Waals surface area contributed by atoms with E-state index in [4.69, 9.17) is 0 Å². The second kappa shape index (κ2) is 7.35. The number of hydrogen-bond donors (Lipinski definition) is 0. The van der Waals surface area contributed by atoms with Gasteiger partial charge in [0.1, 0.15) is 6.33 Å². The van der Waals surface area contributed by atoms with Crippen LogP contribution in [0.3, 0.4) is 0 Å². The van der Waals surface area contributed by atoms with Crippen molar-refractivity contribution in [2.24, 2.45) is 0 Å². The number of aromatic nitrogens is 3. The number of aryl methyl sites for hydroxylation is 1. The van der Waals surface area contributed by atoms with Crippen molar-refractivity contribution in [1.29, 1.82) is 0 Å². The molecule has 1 aliphatic rings. The number of benzene rings is 2. The Hall–Kier alpha value is -2.95. The lowest BCUT2D eigenvalue weighted by molar-refractivity contribution is -0.119. The molecule has 0 aliphatic carbocycles. The molecule has 0 N–H and O–H groups in total. The molecule has 2 aromatic carbocycles. The van der Waals surface area contributed by atoms with Crippen molar-refractivity contribution in [1.82, 2.24) is 14.8 Å². The lowest BCUT2D eigenvalue weighted by atomic mass is 9.91. The Morgan fingerprint density at radius 2 is 1.74 bits per heavy atom. The van der Waals surface area contributed by atoms with E-state index in [-0.39, 0.29) is 18.0 Å². The molecule has 1 aromatic heterocycles. The summed E-state index contributed by atoms with van der Waals surface area (Å²) in [5, 5.41) is 4.47. The summed E-state index contributed by atoms with van der Waals surface area (Å²) in [6.07, 6.45) is 3.65. The maximum Gasteiger partial charge on any atom is 0.231 e. The van der Waals surface area contributed by atoms with E-state index >= 15 is 0 Å². The number of carbonyl (C=O) groups is 1. The molecule has 0 saturated heterocycles. The summed E-state index contributed by atoms with van der Waals surface area (Å²) in [4.78, 5) is 19.3. The third-order valence-corrected chi connectivity index (χ3v) is 5.20. The van der Waals surface area contributed by atoms with Crippen molar-refractivity contribution >= 4 is 11.9 Å². The summed E-state index contributed by atoms with van der Waals surface area (Å²) >= 11 is 0. The first-order valence-electron chi connectivity index (χ1n) is 9.52. The van der Waals surface area contributed by atoms with Crippen LogP contribution < -0.4 is 4.90 Å². The molecular formula is C22H24N4O. The smallest absolute Gasteiger partial charge is 0.231 e. The van der Waals surface area contributed by atoms with Crippen molar-refractivity contribution in [3.05, 3.63) is 77.6 Å². The molecule has 4 rings (SSSR count). The molecule has 5 heteroatoms. The molecule has 2 atom stereocenters. The second-order valence-electron chi connectivity index (χ2n) is 7.11. The lowest BCUT2D eigenvalue weighted by Gasteiger charge is -2.39. The van der Waals surface area contributed by atoms with E-state index in [2.05, 4.69) is 53.4 Å². The first kappa shape index (κ1) is 17.5. The summed E-state index contributed by atoms with van der Waals surface area (Å²) in [6, 6.07) is 18.8. The fourth-order valence-corrected chi connectivity index (χ4v) is 3.84. The quantitative estimate of drug-likeness (QED) is 0.690. The predicted octanol–water partition coefficient (Wildman–Crippen LogP) is 4.45. The largest absolute Gasteiger partial charge is 0.274 e. The standard InChI is InChI=1S/C22H24N4O/c1-3-7-21(27)25-19(17-8-5-4-6-9-17)14-20(26-22(25)23-15-24-26)18-12-10-16(2)11-13-18/h4-6,8-13,15,19-20H,3,7,14H2,1-2H3/t19-,20-/m0/s1. The van der Waals surface area contributed by atoms with Crippen molar-refractivity contribution < 1.29 is 4.79 Å². The van der Waals surface area contributed by atoms with Gasteiger partial charge in [-0.1, -0.05) is 67.1 Å². The highest BCUT2D eigenvalue weighted by atomic mass is 16.2. The number of fused-ring (bicyclic) bond motifs is 1. The molecule has 0 spiro atoms. The van der Waals surface area contributed by atoms with Crippen molar-refractivity contribution in [2.45, 2.75) is 45.2 Å². The highest BCUT2D eigenvalue weighted by molar-refractivity contribution is 5.92. The van der Waals surface area contributed by atoms with Gasteiger partial charge >= 0.3 is 0 Å². The molecule has 0 radical (unpaired) electrons. The van der Waals surface area contributed by atoms with Crippen LogP contribution in [0.25, 0.3) is 0 Å². The van der Waals surface area contributed by atoms with Gasteiger partial charge in [-0.05, 0) is 30.9 Å². The first-order chi connectivity index (χ1) is 13.2. The van der Waals surface area contributed by atoms with Gasteiger partial charge in [-0.2, -0.15) is 10.1 Å². The summed E-state index contributed by atoms with van der Waals surface area (Å²) in [5.74, 6) is 0.738. The first-order valence-corrected chi connectivity index (χ1v) is 9.52. The fourth-order valence-electron chi connectivity index (χ4n) is 3.84. The number of amides is 1. The molecule has 0 unspecified atom stereocenters.